The van der Waals surface area contributed by atoms with Gasteiger partial charge < -0.3 is 14.8 Å². The van der Waals surface area contributed by atoms with E-state index in [4.69, 9.17) is 9.47 Å². The number of nitrogens with zero attached hydrogens (tertiary/aromatic N) is 1. The molecule has 0 aliphatic carbocycles. The van der Waals surface area contributed by atoms with Crippen molar-refractivity contribution in [3.63, 3.8) is 0 Å². The van der Waals surface area contributed by atoms with Gasteiger partial charge in [0.1, 0.15) is 0 Å². The molecule has 0 spiro atoms. The van der Waals surface area contributed by atoms with Crippen molar-refractivity contribution in [2.45, 2.75) is 13.8 Å². The summed E-state index contributed by atoms with van der Waals surface area (Å²) in [5.74, 6) is 0.646. The van der Waals surface area contributed by atoms with Gasteiger partial charge in [-0.1, -0.05) is 42.5 Å². The predicted molar refractivity (Wildman–Crippen MR) is 131 cm³/mol. The molecule has 5 nitrogen and oxygen atoms in total. The molecule has 0 fully saturated rings. The fourth-order valence-electron chi connectivity index (χ4n) is 3.10. The van der Waals surface area contributed by atoms with Crippen molar-refractivity contribution < 1.29 is 14.3 Å². The Morgan fingerprint density at radius 2 is 1.88 bits per heavy atom. The number of benzene rings is 3. The van der Waals surface area contributed by atoms with E-state index in [1.807, 2.05) is 74.5 Å². The number of ether oxygens (including phenoxy) is 2. The van der Waals surface area contributed by atoms with Crippen molar-refractivity contribution in [3.8, 4) is 17.6 Å². The minimum Gasteiger partial charge on any atom is -0.490 e. The van der Waals surface area contributed by atoms with E-state index in [1.54, 1.807) is 12.1 Å². The standard InChI is InChI=1S/C26H23BrN2O3/c1-3-31-24-15-19(13-21(16-28)20-9-5-4-6-10-20)14-23(27)26(24)32-17-25(30)29-22-11-7-8-18(2)12-22/h4-15H,3,17H2,1-2H3,(H,29,30)/b21-13+. The van der Waals surface area contributed by atoms with E-state index < -0.39 is 0 Å². The van der Waals surface area contributed by atoms with Crippen LogP contribution >= 0.6 is 15.9 Å². The molecule has 1 amide bonds. The van der Waals surface area contributed by atoms with Crippen LogP contribution in [-0.4, -0.2) is 19.1 Å². The second-order valence-corrected chi connectivity index (χ2v) is 7.86. The first-order valence-corrected chi connectivity index (χ1v) is 10.9. The van der Waals surface area contributed by atoms with Crippen LogP contribution in [0, 0.1) is 18.3 Å². The van der Waals surface area contributed by atoms with Gasteiger partial charge in [0.05, 0.1) is 22.7 Å². The molecule has 0 atom stereocenters. The second kappa shape index (κ2) is 11.2. The van der Waals surface area contributed by atoms with Crippen LogP contribution in [0.5, 0.6) is 11.5 Å². The van der Waals surface area contributed by atoms with Crippen LogP contribution in [0.2, 0.25) is 0 Å². The summed E-state index contributed by atoms with van der Waals surface area (Å²) in [5, 5.41) is 12.4. The van der Waals surface area contributed by atoms with E-state index in [9.17, 15) is 10.1 Å². The van der Waals surface area contributed by atoms with Crippen LogP contribution in [0.1, 0.15) is 23.6 Å². The molecule has 0 saturated heterocycles. The number of aryl methyl sites for hydroxylation is 1. The third-order valence-electron chi connectivity index (χ3n) is 4.50. The van der Waals surface area contributed by atoms with Gasteiger partial charge in [0.15, 0.2) is 18.1 Å². The van der Waals surface area contributed by atoms with E-state index >= 15 is 0 Å². The summed E-state index contributed by atoms with van der Waals surface area (Å²) >= 11 is 3.51. The van der Waals surface area contributed by atoms with Gasteiger partial charge in [-0.25, -0.2) is 0 Å². The van der Waals surface area contributed by atoms with Gasteiger partial charge in [-0.05, 0) is 76.8 Å². The molecule has 0 aromatic heterocycles. The molecule has 0 heterocycles. The number of nitriles is 1. The molecule has 0 radical (unpaired) electrons. The number of anilines is 1. The fourth-order valence-corrected chi connectivity index (χ4v) is 3.67. The lowest BCUT2D eigenvalue weighted by atomic mass is 10.0. The summed E-state index contributed by atoms with van der Waals surface area (Å²) in [6, 6.07) is 22.9. The zero-order chi connectivity index (χ0) is 22.9. The van der Waals surface area contributed by atoms with Crippen molar-refractivity contribution in [1.82, 2.24) is 0 Å². The van der Waals surface area contributed by atoms with Crippen molar-refractivity contribution in [3.05, 3.63) is 87.9 Å². The maximum Gasteiger partial charge on any atom is 0.262 e. The van der Waals surface area contributed by atoms with Crippen molar-refractivity contribution in [2.75, 3.05) is 18.5 Å². The van der Waals surface area contributed by atoms with Crippen molar-refractivity contribution >= 4 is 39.2 Å². The molecule has 0 bridgehead atoms. The van der Waals surface area contributed by atoms with E-state index in [0.29, 0.717) is 33.8 Å². The molecule has 0 aliphatic heterocycles. The Morgan fingerprint density at radius 3 is 2.56 bits per heavy atom. The van der Waals surface area contributed by atoms with Gasteiger partial charge >= 0.3 is 0 Å². The lowest BCUT2D eigenvalue weighted by Gasteiger charge is -2.15. The first-order chi connectivity index (χ1) is 15.5. The number of allylic oxidation sites excluding steroid dienone is 1. The Bertz CT molecular complexity index is 1170. The molecular weight excluding hydrogens is 468 g/mol. The van der Waals surface area contributed by atoms with Gasteiger partial charge in [-0.3, -0.25) is 4.79 Å². The van der Waals surface area contributed by atoms with Crippen molar-refractivity contribution in [1.29, 1.82) is 5.26 Å². The van der Waals surface area contributed by atoms with E-state index in [-0.39, 0.29) is 12.5 Å². The number of hydrogen-bond donors (Lipinski definition) is 1. The number of halogens is 1. The summed E-state index contributed by atoms with van der Waals surface area (Å²) in [5.41, 5.74) is 3.91. The lowest BCUT2D eigenvalue weighted by Crippen LogP contribution is -2.20. The van der Waals surface area contributed by atoms with Gasteiger partial charge in [-0.15, -0.1) is 0 Å². The minimum atomic E-state index is -0.273. The third-order valence-corrected chi connectivity index (χ3v) is 5.09. The first kappa shape index (κ1) is 23.1. The summed E-state index contributed by atoms with van der Waals surface area (Å²) in [6.45, 7) is 4.09. The fraction of sp³-hybridized carbons (Fsp3) is 0.154. The van der Waals surface area contributed by atoms with Gasteiger partial charge in [-0.2, -0.15) is 5.26 Å². The first-order valence-electron chi connectivity index (χ1n) is 10.1. The highest BCUT2D eigenvalue weighted by Crippen LogP contribution is 2.38. The largest absolute Gasteiger partial charge is 0.490 e. The summed E-state index contributed by atoms with van der Waals surface area (Å²) in [6.07, 6.45) is 1.79. The van der Waals surface area contributed by atoms with Crippen LogP contribution in [0.4, 0.5) is 5.69 Å². The molecular formula is C26H23BrN2O3. The molecule has 1 N–H and O–H groups in total. The number of amides is 1. The smallest absolute Gasteiger partial charge is 0.262 e. The van der Waals surface area contributed by atoms with Gasteiger partial charge in [0.2, 0.25) is 0 Å². The highest BCUT2D eigenvalue weighted by Gasteiger charge is 2.14. The molecule has 3 rings (SSSR count). The summed E-state index contributed by atoms with van der Waals surface area (Å²) in [4.78, 5) is 12.3. The molecule has 6 heteroatoms. The zero-order valence-electron chi connectivity index (χ0n) is 17.9. The second-order valence-electron chi connectivity index (χ2n) is 7.01. The lowest BCUT2D eigenvalue weighted by molar-refractivity contribution is -0.118. The SMILES string of the molecule is CCOc1cc(/C=C(\C#N)c2ccccc2)cc(Br)c1OCC(=O)Nc1cccc(C)c1. The van der Waals surface area contributed by atoms with Crippen LogP contribution in [0.25, 0.3) is 11.6 Å². The van der Waals surface area contributed by atoms with Gasteiger partial charge in [0, 0.05) is 5.69 Å². The maximum absolute atomic E-state index is 12.3. The van der Waals surface area contributed by atoms with Crippen LogP contribution < -0.4 is 14.8 Å². The third kappa shape index (κ3) is 6.22. The average molecular weight is 491 g/mol. The highest BCUT2D eigenvalue weighted by atomic mass is 79.9. The monoisotopic (exact) mass is 490 g/mol. The number of nitrogens with one attached hydrogen (secondary N) is 1. The Balaban J connectivity index is 1.80. The van der Waals surface area contributed by atoms with E-state index in [0.717, 1.165) is 16.7 Å². The number of carbonyl (C=O) groups excluding carboxylic acids is 1. The molecule has 3 aromatic carbocycles. The molecule has 0 aliphatic rings. The number of rotatable bonds is 8. The van der Waals surface area contributed by atoms with Crippen molar-refractivity contribution in [2.24, 2.45) is 0 Å². The molecule has 3 aromatic rings. The van der Waals surface area contributed by atoms with E-state index in [1.165, 1.54) is 0 Å². The average Bonchev–Trinajstić information content (AvgIpc) is 2.77. The highest BCUT2D eigenvalue weighted by molar-refractivity contribution is 9.10. The predicted octanol–water partition coefficient (Wildman–Crippen LogP) is 6.24. The number of hydrogen-bond acceptors (Lipinski definition) is 4. The quantitative estimate of drug-likeness (QED) is 0.299. The normalized spacial score (nSPS) is 10.9. The molecule has 162 valence electrons. The Kier molecular flexibility index (Phi) is 8.07. The summed E-state index contributed by atoms with van der Waals surface area (Å²) < 4.78 is 12.2. The summed E-state index contributed by atoms with van der Waals surface area (Å²) in [7, 11) is 0. The minimum absolute atomic E-state index is 0.171. The Labute approximate surface area is 196 Å². The zero-order valence-corrected chi connectivity index (χ0v) is 19.5. The molecule has 0 unspecified atom stereocenters. The molecule has 0 saturated carbocycles. The Morgan fingerprint density at radius 1 is 1.09 bits per heavy atom. The molecule has 32 heavy (non-hydrogen) atoms. The number of carbonyl (C=O) groups is 1. The van der Waals surface area contributed by atoms with Crippen LogP contribution in [-0.2, 0) is 4.79 Å². The van der Waals surface area contributed by atoms with E-state index in [2.05, 4.69) is 27.3 Å². The topological polar surface area (TPSA) is 71.3 Å². The Hall–Kier alpha value is -3.56. The van der Waals surface area contributed by atoms with Crippen LogP contribution in [0.3, 0.4) is 0 Å². The van der Waals surface area contributed by atoms with Gasteiger partial charge in [0.25, 0.3) is 5.91 Å². The van der Waals surface area contributed by atoms with Crippen LogP contribution in [0.15, 0.2) is 71.2 Å². The maximum atomic E-state index is 12.3.